The Bertz CT molecular complexity index is 2030. The number of hydrogen-bond donors (Lipinski definition) is 4. The maximum Gasteiger partial charge on any atom is 0.272 e. The Hall–Kier alpha value is -6.02. The van der Waals surface area contributed by atoms with Gasteiger partial charge in [0.25, 0.3) is 17.7 Å². The Balaban J connectivity index is 1.00. The zero-order valence-corrected chi connectivity index (χ0v) is 27.6. The molecule has 0 aliphatic carbocycles. The lowest BCUT2D eigenvalue weighted by Gasteiger charge is -2.34. The van der Waals surface area contributed by atoms with Gasteiger partial charge < -0.3 is 34.9 Å². The SMILES string of the molecule is CN1CCN(C(=N)CCNC(=O)c2cc(NC(=O)c3cc(NC(=O)c4ccc(C=Cc5ccc6nonc6c5)cc4)cn3C)cn2C)CC1. The van der Waals surface area contributed by atoms with E-state index < -0.39 is 5.91 Å². The molecule has 1 fully saturated rings. The van der Waals surface area contributed by atoms with Crippen LogP contribution in [0.15, 0.2) is 71.6 Å². The van der Waals surface area contributed by atoms with Gasteiger partial charge in [0.15, 0.2) is 0 Å². The van der Waals surface area contributed by atoms with Gasteiger partial charge in [-0.2, -0.15) is 0 Å². The summed E-state index contributed by atoms with van der Waals surface area (Å²) in [6.45, 7) is 3.81. The molecule has 0 spiro atoms. The first-order valence-corrected chi connectivity index (χ1v) is 15.9. The predicted molar refractivity (Wildman–Crippen MR) is 188 cm³/mol. The minimum absolute atomic E-state index is 0.287. The third-order valence-corrected chi connectivity index (χ3v) is 8.44. The normalized spacial score (nSPS) is 13.6. The molecule has 1 aliphatic heterocycles. The summed E-state index contributed by atoms with van der Waals surface area (Å²) in [7, 11) is 5.51. The van der Waals surface area contributed by atoms with Crippen LogP contribution in [0, 0.1) is 5.41 Å². The minimum atomic E-state index is -0.392. The molecule has 4 heterocycles. The van der Waals surface area contributed by atoms with E-state index in [1.54, 1.807) is 59.9 Å². The highest BCUT2D eigenvalue weighted by Crippen LogP contribution is 2.19. The van der Waals surface area contributed by atoms with Crippen molar-refractivity contribution in [3.05, 3.63) is 95.1 Å². The van der Waals surface area contributed by atoms with Crippen LogP contribution in [0.25, 0.3) is 23.2 Å². The van der Waals surface area contributed by atoms with Crippen LogP contribution in [0.1, 0.15) is 48.9 Å². The maximum atomic E-state index is 13.2. The van der Waals surface area contributed by atoms with Gasteiger partial charge in [-0.1, -0.05) is 30.4 Å². The number of hydrogen-bond acceptors (Lipinski definition) is 8. The summed E-state index contributed by atoms with van der Waals surface area (Å²) in [4.78, 5) is 43.3. The minimum Gasteiger partial charge on any atom is -0.358 e. The molecule has 14 nitrogen and oxygen atoms in total. The predicted octanol–water partition coefficient (Wildman–Crippen LogP) is 3.92. The monoisotopic (exact) mass is 662 g/mol. The van der Waals surface area contributed by atoms with Crippen molar-refractivity contribution >= 4 is 58.1 Å². The van der Waals surface area contributed by atoms with Gasteiger partial charge in [0.2, 0.25) is 0 Å². The lowest BCUT2D eigenvalue weighted by molar-refractivity contribution is 0.0944. The number of amidine groups is 1. The Labute approximate surface area is 282 Å². The smallest absolute Gasteiger partial charge is 0.272 e. The second-order valence-electron chi connectivity index (χ2n) is 12.1. The first kappa shape index (κ1) is 32.9. The molecule has 0 saturated carbocycles. The second-order valence-corrected chi connectivity index (χ2v) is 12.1. The Kier molecular flexibility index (Phi) is 9.67. The van der Waals surface area contributed by atoms with Crippen molar-refractivity contribution in [2.75, 3.05) is 50.4 Å². The number of amides is 3. The van der Waals surface area contributed by atoms with Gasteiger partial charge in [-0.15, -0.1) is 0 Å². The third kappa shape index (κ3) is 7.93. The molecule has 0 unspecified atom stereocenters. The first-order chi connectivity index (χ1) is 23.6. The number of piperazine rings is 1. The summed E-state index contributed by atoms with van der Waals surface area (Å²) < 4.78 is 8.01. The molecular formula is C35H38N10O4. The highest BCUT2D eigenvalue weighted by atomic mass is 16.6. The lowest BCUT2D eigenvalue weighted by Crippen LogP contribution is -2.47. The van der Waals surface area contributed by atoms with Gasteiger partial charge in [-0.3, -0.25) is 19.8 Å². The molecule has 3 amide bonds. The van der Waals surface area contributed by atoms with E-state index >= 15 is 0 Å². The molecule has 1 aliphatic rings. The van der Waals surface area contributed by atoms with Crippen molar-refractivity contribution in [2.45, 2.75) is 6.42 Å². The van der Waals surface area contributed by atoms with E-state index in [9.17, 15) is 14.4 Å². The van der Waals surface area contributed by atoms with Crippen LogP contribution in [0.4, 0.5) is 11.4 Å². The van der Waals surface area contributed by atoms with Gasteiger partial charge in [0, 0.05) is 71.2 Å². The van der Waals surface area contributed by atoms with Crippen molar-refractivity contribution in [1.82, 2.24) is 34.6 Å². The number of aromatic nitrogens is 4. The molecule has 49 heavy (non-hydrogen) atoms. The molecule has 0 atom stereocenters. The molecule has 0 radical (unpaired) electrons. The molecule has 2 aromatic carbocycles. The number of anilines is 2. The Morgan fingerprint density at radius 2 is 1.35 bits per heavy atom. The van der Waals surface area contributed by atoms with Crippen LogP contribution >= 0.6 is 0 Å². The van der Waals surface area contributed by atoms with Crippen LogP contribution in [0.2, 0.25) is 0 Å². The quantitative estimate of drug-likeness (QED) is 0.0992. The fraction of sp³-hybridized carbons (Fsp3) is 0.257. The summed E-state index contributed by atoms with van der Waals surface area (Å²) in [5.41, 5.74) is 5.33. The molecule has 1 saturated heterocycles. The Morgan fingerprint density at radius 3 is 2.04 bits per heavy atom. The van der Waals surface area contributed by atoms with E-state index in [1.807, 2.05) is 47.4 Å². The zero-order valence-electron chi connectivity index (χ0n) is 27.6. The van der Waals surface area contributed by atoms with Crippen LogP contribution in [0.3, 0.4) is 0 Å². The van der Waals surface area contributed by atoms with Crippen LogP contribution in [-0.4, -0.2) is 92.6 Å². The number of likely N-dealkylation sites (N-methyl/N-ethyl adjacent to an activating group) is 1. The van der Waals surface area contributed by atoms with E-state index in [1.165, 1.54) is 0 Å². The largest absolute Gasteiger partial charge is 0.358 e. The number of carbonyl (C=O) groups excluding carboxylic acids is 3. The topological polar surface area (TPSA) is 166 Å². The second kappa shape index (κ2) is 14.4. The first-order valence-electron chi connectivity index (χ1n) is 15.9. The average Bonchev–Trinajstić information content (AvgIpc) is 3.81. The summed E-state index contributed by atoms with van der Waals surface area (Å²) in [6, 6.07) is 16.0. The van der Waals surface area contributed by atoms with Gasteiger partial charge in [-0.25, -0.2) is 4.63 Å². The molecule has 0 bridgehead atoms. The number of nitrogens with zero attached hydrogens (tertiary/aromatic N) is 6. The van der Waals surface area contributed by atoms with Crippen molar-refractivity contribution in [3.63, 3.8) is 0 Å². The number of aryl methyl sites for hydroxylation is 2. The van der Waals surface area contributed by atoms with Crippen molar-refractivity contribution < 1.29 is 19.0 Å². The van der Waals surface area contributed by atoms with E-state index in [4.69, 9.17) is 10.0 Å². The molecule has 3 aromatic heterocycles. The van der Waals surface area contributed by atoms with E-state index in [0.717, 1.165) is 37.3 Å². The van der Waals surface area contributed by atoms with E-state index in [0.29, 0.717) is 58.2 Å². The summed E-state index contributed by atoms with van der Waals surface area (Å²) in [5.74, 6) is -0.472. The fourth-order valence-corrected chi connectivity index (χ4v) is 5.58. The highest BCUT2D eigenvalue weighted by Gasteiger charge is 2.19. The molecule has 252 valence electrons. The van der Waals surface area contributed by atoms with Crippen molar-refractivity contribution in [1.29, 1.82) is 5.41 Å². The third-order valence-electron chi connectivity index (χ3n) is 8.44. The van der Waals surface area contributed by atoms with Crippen molar-refractivity contribution in [2.24, 2.45) is 14.1 Å². The number of fused-ring (bicyclic) bond motifs is 1. The van der Waals surface area contributed by atoms with Gasteiger partial charge in [0.1, 0.15) is 22.4 Å². The molecule has 14 heteroatoms. The van der Waals surface area contributed by atoms with Crippen LogP contribution < -0.4 is 16.0 Å². The number of nitrogens with one attached hydrogen (secondary N) is 4. The maximum absolute atomic E-state index is 13.2. The summed E-state index contributed by atoms with van der Waals surface area (Å²) in [6.07, 6.45) is 7.64. The van der Waals surface area contributed by atoms with E-state index in [2.05, 4.69) is 38.2 Å². The summed E-state index contributed by atoms with van der Waals surface area (Å²) in [5, 5.41) is 24.6. The number of carbonyl (C=O) groups is 3. The molecule has 4 N–H and O–H groups in total. The Morgan fingerprint density at radius 1 is 0.755 bits per heavy atom. The molecular weight excluding hydrogens is 624 g/mol. The van der Waals surface area contributed by atoms with Crippen LogP contribution in [0.5, 0.6) is 0 Å². The van der Waals surface area contributed by atoms with Crippen LogP contribution in [-0.2, 0) is 14.1 Å². The van der Waals surface area contributed by atoms with E-state index in [-0.39, 0.29) is 11.8 Å². The average molecular weight is 663 g/mol. The summed E-state index contributed by atoms with van der Waals surface area (Å²) >= 11 is 0. The fourth-order valence-electron chi connectivity index (χ4n) is 5.58. The highest BCUT2D eigenvalue weighted by molar-refractivity contribution is 6.07. The number of rotatable bonds is 10. The lowest BCUT2D eigenvalue weighted by atomic mass is 10.1. The van der Waals surface area contributed by atoms with Gasteiger partial charge >= 0.3 is 0 Å². The molecule has 5 aromatic rings. The van der Waals surface area contributed by atoms with Gasteiger partial charge in [0.05, 0.1) is 17.2 Å². The standard InChI is InChI=1S/C35H38N10O4/c1-42-14-16-45(17-15-42)32(36)12-13-37-34(47)30-19-27(22-43(30)2)39-35(48)31-20-26(21-44(31)3)38-33(46)25-9-6-23(7-10-25)4-5-24-8-11-28-29(18-24)41-49-40-28/h4-11,18-22,36H,12-17H2,1-3H3,(H,37,47)(H,38,46)(H,39,48). The molecule has 6 rings (SSSR count). The van der Waals surface area contributed by atoms with Crippen molar-refractivity contribution in [3.8, 4) is 0 Å². The number of benzene rings is 2. The van der Waals surface area contributed by atoms with Gasteiger partial charge in [-0.05, 0) is 64.9 Å². The zero-order chi connectivity index (χ0) is 34.5.